The lowest BCUT2D eigenvalue weighted by Crippen LogP contribution is -2.56. The van der Waals surface area contributed by atoms with E-state index in [2.05, 4.69) is 4.90 Å². The molecule has 3 rings (SSSR count). The highest BCUT2D eigenvalue weighted by molar-refractivity contribution is 5.83. The molecule has 0 spiro atoms. The zero-order chi connectivity index (χ0) is 14.3. The quantitative estimate of drug-likeness (QED) is 0.672. The molecule has 0 aromatic carbocycles. The number of rotatable bonds is 1. The Morgan fingerprint density at radius 3 is 2.65 bits per heavy atom. The molecule has 112 valence electrons. The molecular weight excluding hydrogens is 262 g/mol. The van der Waals surface area contributed by atoms with Gasteiger partial charge >= 0.3 is 12.0 Å². The normalized spacial score (nSPS) is 34.4. The van der Waals surface area contributed by atoms with Crippen LogP contribution in [0, 0.1) is 0 Å². The predicted octanol–water partition coefficient (Wildman–Crippen LogP) is -0.594. The van der Waals surface area contributed by atoms with Gasteiger partial charge in [-0.25, -0.2) is 9.59 Å². The third-order valence-corrected chi connectivity index (χ3v) is 4.67. The summed E-state index contributed by atoms with van der Waals surface area (Å²) in [5.74, 6) is -1.03. The van der Waals surface area contributed by atoms with Crippen LogP contribution in [-0.4, -0.2) is 87.8 Å². The average Bonchev–Trinajstić information content (AvgIpc) is 3.02. The van der Waals surface area contributed by atoms with Gasteiger partial charge in [-0.05, 0) is 19.4 Å². The second-order valence-electron chi connectivity index (χ2n) is 5.96. The smallest absolute Gasteiger partial charge is 0.326 e. The first-order chi connectivity index (χ1) is 9.56. The second kappa shape index (κ2) is 5.21. The molecule has 20 heavy (non-hydrogen) atoms. The molecule has 2 N–H and O–H groups in total. The summed E-state index contributed by atoms with van der Waals surface area (Å²) in [5.41, 5.74) is 0. The topological polar surface area (TPSA) is 84.3 Å². The summed E-state index contributed by atoms with van der Waals surface area (Å²) in [4.78, 5) is 29.2. The van der Waals surface area contributed by atoms with Crippen LogP contribution < -0.4 is 0 Å². The maximum atomic E-state index is 12.5. The van der Waals surface area contributed by atoms with Gasteiger partial charge in [-0.15, -0.1) is 0 Å². The number of carbonyl (C=O) groups excluding carboxylic acids is 1. The molecule has 3 atom stereocenters. The van der Waals surface area contributed by atoms with E-state index in [9.17, 15) is 14.7 Å². The molecule has 3 fully saturated rings. The van der Waals surface area contributed by atoms with E-state index in [1.807, 2.05) is 0 Å². The number of aliphatic carboxylic acids is 1. The van der Waals surface area contributed by atoms with Gasteiger partial charge in [0.2, 0.25) is 0 Å². The number of urea groups is 1. The van der Waals surface area contributed by atoms with Crippen LogP contribution in [0.15, 0.2) is 0 Å². The first-order valence-corrected chi connectivity index (χ1v) is 7.26. The van der Waals surface area contributed by atoms with Crippen molar-refractivity contribution in [1.29, 1.82) is 0 Å². The lowest BCUT2D eigenvalue weighted by atomic mass is 10.1. The van der Waals surface area contributed by atoms with Gasteiger partial charge in [0.05, 0.1) is 6.10 Å². The molecular formula is C13H21N3O4. The Morgan fingerprint density at radius 2 is 1.90 bits per heavy atom. The molecule has 0 aliphatic carbocycles. The zero-order valence-corrected chi connectivity index (χ0v) is 11.4. The zero-order valence-electron chi connectivity index (χ0n) is 11.4. The maximum absolute atomic E-state index is 12.5. The van der Waals surface area contributed by atoms with E-state index < -0.39 is 18.1 Å². The average molecular weight is 283 g/mol. The number of carboxylic acids is 1. The van der Waals surface area contributed by atoms with Crippen molar-refractivity contribution in [3.8, 4) is 0 Å². The van der Waals surface area contributed by atoms with E-state index in [1.165, 1.54) is 11.3 Å². The van der Waals surface area contributed by atoms with Crippen molar-refractivity contribution in [2.75, 3.05) is 32.7 Å². The standard InChI is InChI=1S/C13H21N3O4/c17-10-6-11(12(18)19)16(8-10)13(20)15-5-4-14-3-1-2-9(14)7-15/h9-11,17H,1-8H2,(H,18,19)/t9?,10-,11-/m0/s1. The summed E-state index contributed by atoms with van der Waals surface area (Å²) >= 11 is 0. The highest BCUT2D eigenvalue weighted by atomic mass is 16.4. The lowest BCUT2D eigenvalue weighted by molar-refractivity contribution is -0.141. The fourth-order valence-corrected chi connectivity index (χ4v) is 3.61. The minimum Gasteiger partial charge on any atom is -0.480 e. The number of hydrogen-bond donors (Lipinski definition) is 2. The van der Waals surface area contributed by atoms with Gasteiger partial charge in [0.25, 0.3) is 0 Å². The number of β-amino-alcohol motifs (C(OH)–C–C–N with tert-alkyl or cyclic N) is 1. The Kier molecular flexibility index (Phi) is 3.55. The molecule has 3 heterocycles. The summed E-state index contributed by atoms with van der Waals surface area (Å²) in [7, 11) is 0. The molecule has 7 heteroatoms. The Balaban J connectivity index is 1.67. The highest BCUT2D eigenvalue weighted by Gasteiger charge is 2.42. The summed E-state index contributed by atoms with van der Waals surface area (Å²) < 4.78 is 0. The number of amides is 2. The third-order valence-electron chi connectivity index (χ3n) is 4.67. The van der Waals surface area contributed by atoms with Gasteiger partial charge in [0, 0.05) is 38.6 Å². The van der Waals surface area contributed by atoms with Crippen LogP contribution in [0.1, 0.15) is 19.3 Å². The number of aliphatic hydroxyl groups excluding tert-OH is 1. The molecule has 0 radical (unpaired) electrons. The van der Waals surface area contributed by atoms with Gasteiger partial charge in [-0.1, -0.05) is 0 Å². The number of aliphatic hydroxyl groups is 1. The Hall–Kier alpha value is -1.34. The highest BCUT2D eigenvalue weighted by Crippen LogP contribution is 2.25. The van der Waals surface area contributed by atoms with Gasteiger partial charge < -0.3 is 20.0 Å². The number of fused-ring (bicyclic) bond motifs is 1. The van der Waals surface area contributed by atoms with Crippen LogP contribution >= 0.6 is 0 Å². The minimum absolute atomic E-state index is 0.126. The second-order valence-corrected chi connectivity index (χ2v) is 5.96. The molecule has 0 saturated carbocycles. The summed E-state index contributed by atoms with van der Waals surface area (Å²) in [6.07, 6.45) is 1.68. The minimum atomic E-state index is -1.03. The third kappa shape index (κ3) is 2.35. The Bertz CT molecular complexity index is 416. The van der Waals surface area contributed by atoms with Crippen molar-refractivity contribution in [2.24, 2.45) is 0 Å². The number of carboxylic acid groups (broad SMARTS) is 1. The molecule has 3 saturated heterocycles. The van der Waals surface area contributed by atoms with Gasteiger partial charge in [0.15, 0.2) is 0 Å². The number of hydrogen-bond acceptors (Lipinski definition) is 4. The van der Waals surface area contributed by atoms with E-state index in [4.69, 9.17) is 5.11 Å². The van der Waals surface area contributed by atoms with Crippen LogP contribution in [0.5, 0.6) is 0 Å². The molecule has 3 aliphatic rings. The van der Waals surface area contributed by atoms with Crippen LogP contribution in [0.4, 0.5) is 4.79 Å². The first kappa shape index (κ1) is 13.6. The summed E-state index contributed by atoms with van der Waals surface area (Å²) in [6, 6.07) is -0.705. The Morgan fingerprint density at radius 1 is 1.10 bits per heavy atom. The monoisotopic (exact) mass is 283 g/mol. The van der Waals surface area contributed by atoms with Crippen molar-refractivity contribution in [1.82, 2.24) is 14.7 Å². The summed E-state index contributed by atoms with van der Waals surface area (Å²) in [5, 5.41) is 18.8. The van der Waals surface area contributed by atoms with Crippen LogP contribution in [-0.2, 0) is 4.79 Å². The van der Waals surface area contributed by atoms with Gasteiger partial charge in [-0.2, -0.15) is 0 Å². The molecule has 7 nitrogen and oxygen atoms in total. The van der Waals surface area contributed by atoms with Crippen LogP contribution in [0.3, 0.4) is 0 Å². The molecule has 0 aromatic heterocycles. The van der Waals surface area contributed by atoms with Gasteiger partial charge in [-0.3, -0.25) is 4.90 Å². The molecule has 3 aliphatic heterocycles. The largest absolute Gasteiger partial charge is 0.480 e. The number of carbonyl (C=O) groups is 2. The predicted molar refractivity (Wildman–Crippen MR) is 70.3 cm³/mol. The number of likely N-dealkylation sites (tertiary alicyclic amines) is 1. The van der Waals surface area contributed by atoms with Crippen LogP contribution in [0.25, 0.3) is 0 Å². The SMILES string of the molecule is O=C(O)[C@@H]1C[C@H](O)CN1C(=O)N1CCN2CCCC2C1. The van der Waals surface area contributed by atoms with Gasteiger partial charge in [0.1, 0.15) is 6.04 Å². The van der Waals surface area contributed by atoms with Crippen molar-refractivity contribution in [3.63, 3.8) is 0 Å². The lowest BCUT2D eigenvalue weighted by Gasteiger charge is -2.39. The molecule has 1 unspecified atom stereocenters. The fourth-order valence-electron chi connectivity index (χ4n) is 3.61. The number of piperazine rings is 1. The van der Waals surface area contributed by atoms with Crippen molar-refractivity contribution in [3.05, 3.63) is 0 Å². The Labute approximate surface area is 117 Å². The van der Waals surface area contributed by atoms with Crippen molar-refractivity contribution < 1.29 is 19.8 Å². The van der Waals surface area contributed by atoms with E-state index in [1.54, 1.807) is 4.90 Å². The molecule has 0 aromatic rings. The first-order valence-electron chi connectivity index (χ1n) is 7.26. The summed E-state index contributed by atoms with van der Waals surface area (Å²) in [6.45, 7) is 3.42. The molecule has 0 bridgehead atoms. The van der Waals surface area contributed by atoms with E-state index in [-0.39, 0.29) is 19.0 Å². The van der Waals surface area contributed by atoms with Crippen molar-refractivity contribution >= 4 is 12.0 Å². The maximum Gasteiger partial charge on any atom is 0.326 e. The van der Waals surface area contributed by atoms with Crippen molar-refractivity contribution in [2.45, 2.75) is 37.5 Å². The van der Waals surface area contributed by atoms with E-state index >= 15 is 0 Å². The van der Waals surface area contributed by atoms with Crippen LogP contribution in [0.2, 0.25) is 0 Å². The van der Waals surface area contributed by atoms with E-state index in [0.717, 1.165) is 19.5 Å². The number of nitrogens with zero attached hydrogens (tertiary/aromatic N) is 3. The molecule has 2 amide bonds. The van der Waals surface area contributed by atoms with E-state index in [0.29, 0.717) is 19.1 Å². The fraction of sp³-hybridized carbons (Fsp3) is 0.846.